The molecular weight excluding hydrogens is 334 g/mol. The number of amides is 3. The van der Waals surface area contributed by atoms with Crippen molar-refractivity contribution in [2.24, 2.45) is 5.73 Å². The molecule has 0 aliphatic carbocycles. The van der Waals surface area contributed by atoms with E-state index in [1.807, 2.05) is 35.7 Å². The van der Waals surface area contributed by atoms with Crippen LogP contribution in [0.4, 0.5) is 4.79 Å². The van der Waals surface area contributed by atoms with Crippen LogP contribution < -0.4 is 5.73 Å². The van der Waals surface area contributed by atoms with Gasteiger partial charge in [0.2, 0.25) is 5.91 Å². The molecule has 0 radical (unpaired) electrons. The number of aromatic nitrogens is 1. The zero-order chi connectivity index (χ0) is 16.4. The van der Waals surface area contributed by atoms with E-state index >= 15 is 0 Å². The second kappa shape index (κ2) is 6.35. The Bertz CT molecular complexity index is 814. The maximum atomic E-state index is 12.1. The zero-order valence-electron chi connectivity index (χ0n) is 11.8. The van der Waals surface area contributed by atoms with Gasteiger partial charge in [0.25, 0.3) is 11.1 Å². The number of primary amides is 1. The SMILES string of the molecule is NC(=O)CN1C(=O)S/C(=C\c2csc(-c3ccccc3)n2)C1=O. The van der Waals surface area contributed by atoms with E-state index in [0.29, 0.717) is 5.69 Å². The van der Waals surface area contributed by atoms with E-state index in [4.69, 9.17) is 5.73 Å². The van der Waals surface area contributed by atoms with Crippen LogP contribution in [0.2, 0.25) is 0 Å². The van der Waals surface area contributed by atoms with E-state index in [2.05, 4.69) is 4.98 Å². The van der Waals surface area contributed by atoms with Gasteiger partial charge >= 0.3 is 0 Å². The molecule has 1 aliphatic heterocycles. The van der Waals surface area contributed by atoms with Crippen LogP contribution in [0.3, 0.4) is 0 Å². The van der Waals surface area contributed by atoms with Crippen LogP contribution >= 0.6 is 23.1 Å². The first-order chi connectivity index (χ1) is 11.0. The molecule has 0 bridgehead atoms. The largest absolute Gasteiger partial charge is 0.368 e. The molecule has 3 amide bonds. The fourth-order valence-corrected chi connectivity index (χ4v) is 3.60. The molecule has 1 aromatic carbocycles. The quantitative estimate of drug-likeness (QED) is 0.859. The summed E-state index contributed by atoms with van der Waals surface area (Å²) in [5, 5.41) is 2.14. The summed E-state index contributed by atoms with van der Waals surface area (Å²) in [6.45, 7) is -0.408. The maximum absolute atomic E-state index is 12.1. The highest BCUT2D eigenvalue weighted by molar-refractivity contribution is 8.18. The molecule has 2 heterocycles. The zero-order valence-corrected chi connectivity index (χ0v) is 13.4. The predicted molar refractivity (Wildman–Crippen MR) is 89.4 cm³/mol. The lowest BCUT2D eigenvalue weighted by atomic mass is 10.2. The number of nitrogens with zero attached hydrogens (tertiary/aromatic N) is 2. The van der Waals surface area contributed by atoms with Crippen molar-refractivity contribution in [2.75, 3.05) is 6.54 Å². The van der Waals surface area contributed by atoms with Crippen molar-refractivity contribution >= 4 is 46.2 Å². The van der Waals surface area contributed by atoms with Crippen LogP contribution in [0.15, 0.2) is 40.6 Å². The average Bonchev–Trinajstić information content (AvgIpc) is 3.09. The highest BCUT2D eigenvalue weighted by Crippen LogP contribution is 2.33. The van der Waals surface area contributed by atoms with Gasteiger partial charge in [-0.2, -0.15) is 0 Å². The fraction of sp³-hybridized carbons (Fsp3) is 0.0667. The number of nitrogens with two attached hydrogens (primary N) is 1. The monoisotopic (exact) mass is 345 g/mol. The van der Waals surface area contributed by atoms with Crippen molar-refractivity contribution < 1.29 is 14.4 Å². The number of thiazole rings is 1. The summed E-state index contributed by atoms with van der Waals surface area (Å²) in [4.78, 5) is 40.3. The van der Waals surface area contributed by atoms with Gasteiger partial charge < -0.3 is 5.73 Å². The second-order valence-corrected chi connectivity index (χ2v) is 6.53. The van der Waals surface area contributed by atoms with E-state index in [1.54, 1.807) is 6.08 Å². The van der Waals surface area contributed by atoms with Gasteiger partial charge in [-0.3, -0.25) is 19.3 Å². The maximum Gasteiger partial charge on any atom is 0.294 e. The van der Waals surface area contributed by atoms with Gasteiger partial charge in [0.15, 0.2) is 0 Å². The molecule has 2 N–H and O–H groups in total. The van der Waals surface area contributed by atoms with Crippen molar-refractivity contribution in [3.05, 3.63) is 46.3 Å². The molecule has 0 saturated carbocycles. The van der Waals surface area contributed by atoms with Gasteiger partial charge in [-0.05, 0) is 17.8 Å². The summed E-state index contributed by atoms with van der Waals surface area (Å²) in [6.07, 6.45) is 1.55. The Hall–Kier alpha value is -2.45. The third-order valence-electron chi connectivity index (χ3n) is 3.01. The molecule has 23 heavy (non-hydrogen) atoms. The highest BCUT2D eigenvalue weighted by Gasteiger charge is 2.35. The molecule has 8 heteroatoms. The van der Waals surface area contributed by atoms with Crippen LogP contribution in [0.5, 0.6) is 0 Å². The smallest absolute Gasteiger partial charge is 0.294 e. The number of imide groups is 1. The summed E-state index contributed by atoms with van der Waals surface area (Å²) >= 11 is 2.23. The summed E-state index contributed by atoms with van der Waals surface area (Å²) in [5.74, 6) is -1.25. The lowest BCUT2D eigenvalue weighted by Crippen LogP contribution is -2.36. The minimum atomic E-state index is -0.728. The van der Waals surface area contributed by atoms with Crippen molar-refractivity contribution in [1.29, 1.82) is 0 Å². The molecule has 3 rings (SSSR count). The number of carbonyl (C=O) groups excluding carboxylic acids is 3. The van der Waals surface area contributed by atoms with Gasteiger partial charge in [0.1, 0.15) is 11.6 Å². The van der Waals surface area contributed by atoms with E-state index in [0.717, 1.165) is 27.2 Å². The average molecular weight is 345 g/mol. The number of thioether (sulfide) groups is 1. The van der Waals surface area contributed by atoms with Crippen LogP contribution in [-0.4, -0.2) is 33.5 Å². The van der Waals surface area contributed by atoms with Crippen molar-refractivity contribution in [2.45, 2.75) is 0 Å². The molecule has 1 fully saturated rings. The number of carbonyl (C=O) groups is 3. The summed E-state index contributed by atoms with van der Waals surface area (Å²) in [7, 11) is 0. The van der Waals surface area contributed by atoms with Crippen molar-refractivity contribution in [3.63, 3.8) is 0 Å². The number of rotatable bonds is 4. The normalized spacial score (nSPS) is 16.3. The Balaban J connectivity index is 1.83. The van der Waals surface area contributed by atoms with E-state index < -0.39 is 23.6 Å². The first-order valence-corrected chi connectivity index (χ1v) is 8.29. The van der Waals surface area contributed by atoms with E-state index in [9.17, 15) is 14.4 Å². The molecule has 0 unspecified atom stereocenters. The Morgan fingerprint density at radius 3 is 2.70 bits per heavy atom. The standard InChI is InChI=1S/C15H11N3O3S2/c16-12(19)7-18-14(20)11(23-15(18)21)6-10-8-22-13(17-10)9-4-2-1-3-5-9/h1-6,8H,7H2,(H2,16,19)/b11-6-. The van der Waals surface area contributed by atoms with Crippen LogP contribution in [-0.2, 0) is 9.59 Å². The lowest BCUT2D eigenvalue weighted by molar-refractivity contribution is -0.127. The fourth-order valence-electron chi connectivity index (χ4n) is 1.99. The molecule has 1 aliphatic rings. The third-order valence-corrected chi connectivity index (χ3v) is 4.83. The minimum absolute atomic E-state index is 0.237. The Kier molecular flexibility index (Phi) is 4.26. The lowest BCUT2D eigenvalue weighted by Gasteiger charge is -2.08. The number of hydrogen-bond acceptors (Lipinski definition) is 6. The Morgan fingerprint density at radius 2 is 2.00 bits per heavy atom. The molecule has 1 saturated heterocycles. The van der Waals surface area contributed by atoms with Crippen molar-refractivity contribution in [3.8, 4) is 10.6 Å². The summed E-state index contributed by atoms with van der Waals surface area (Å²) in [6, 6.07) is 9.66. The number of hydrogen-bond donors (Lipinski definition) is 1. The van der Waals surface area contributed by atoms with Gasteiger partial charge in [-0.25, -0.2) is 4.98 Å². The van der Waals surface area contributed by atoms with Crippen molar-refractivity contribution in [1.82, 2.24) is 9.88 Å². The second-order valence-electron chi connectivity index (χ2n) is 4.68. The highest BCUT2D eigenvalue weighted by atomic mass is 32.2. The predicted octanol–water partition coefficient (Wildman–Crippen LogP) is 2.33. The van der Waals surface area contributed by atoms with E-state index in [-0.39, 0.29) is 4.91 Å². The topological polar surface area (TPSA) is 93.4 Å². The van der Waals surface area contributed by atoms with Gasteiger partial charge in [0, 0.05) is 10.9 Å². The molecule has 0 atom stereocenters. The Morgan fingerprint density at radius 1 is 1.26 bits per heavy atom. The van der Waals surface area contributed by atoms with Crippen LogP contribution in [0.25, 0.3) is 16.6 Å². The summed E-state index contributed by atoms with van der Waals surface area (Å²) in [5.41, 5.74) is 6.62. The molecule has 0 spiro atoms. The summed E-state index contributed by atoms with van der Waals surface area (Å²) < 4.78 is 0. The molecule has 2 aromatic rings. The molecule has 116 valence electrons. The first-order valence-electron chi connectivity index (χ1n) is 6.59. The van der Waals surface area contributed by atoms with E-state index in [1.165, 1.54) is 11.3 Å². The van der Waals surface area contributed by atoms with Gasteiger partial charge in [-0.15, -0.1) is 11.3 Å². The first kappa shape index (κ1) is 15.4. The molecule has 1 aromatic heterocycles. The van der Waals surface area contributed by atoms with Crippen LogP contribution in [0.1, 0.15) is 5.69 Å². The van der Waals surface area contributed by atoms with Gasteiger partial charge in [0.05, 0.1) is 10.6 Å². The van der Waals surface area contributed by atoms with Crippen LogP contribution in [0, 0.1) is 0 Å². The Labute approximate surface area is 140 Å². The third kappa shape index (κ3) is 3.33. The molecule has 6 nitrogen and oxygen atoms in total. The van der Waals surface area contributed by atoms with Gasteiger partial charge in [-0.1, -0.05) is 30.3 Å². The molecular formula is C15H11N3O3S2. The number of benzene rings is 1. The minimum Gasteiger partial charge on any atom is -0.368 e.